The fourth-order valence-corrected chi connectivity index (χ4v) is 2.66. The van der Waals surface area contributed by atoms with Crippen LogP contribution in [0.2, 0.25) is 5.02 Å². The molecule has 4 rings (SSSR count). The molecule has 26 heavy (non-hydrogen) atoms. The molecule has 2 aromatic heterocycles. The van der Waals surface area contributed by atoms with E-state index in [9.17, 15) is 4.39 Å². The molecule has 130 valence electrons. The number of rotatable bonds is 4. The maximum atomic E-state index is 14.0. The Kier molecular flexibility index (Phi) is 4.14. The van der Waals surface area contributed by atoms with Gasteiger partial charge in [-0.3, -0.25) is 5.10 Å². The Morgan fingerprint density at radius 1 is 1.04 bits per heavy atom. The first-order valence-corrected chi connectivity index (χ1v) is 8.23. The van der Waals surface area contributed by atoms with Gasteiger partial charge in [-0.2, -0.15) is 10.1 Å². The van der Waals surface area contributed by atoms with Gasteiger partial charge in [-0.25, -0.2) is 9.37 Å². The average molecular weight is 369 g/mol. The largest absolute Gasteiger partial charge is 0.338 e. The van der Waals surface area contributed by atoms with Gasteiger partial charge in [0.25, 0.3) is 0 Å². The summed E-state index contributed by atoms with van der Waals surface area (Å²) in [7, 11) is 0. The molecule has 0 saturated heterocycles. The summed E-state index contributed by atoms with van der Waals surface area (Å²) in [6.07, 6.45) is 1.12. The van der Waals surface area contributed by atoms with Gasteiger partial charge in [0.05, 0.1) is 17.4 Å². The highest BCUT2D eigenvalue weighted by atomic mass is 35.5. The molecule has 0 fully saturated rings. The van der Waals surface area contributed by atoms with Crippen molar-refractivity contribution in [1.82, 2.24) is 20.2 Å². The van der Waals surface area contributed by atoms with Gasteiger partial charge in [-0.15, -0.1) is 0 Å². The average Bonchev–Trinajstić information content (AvgIpc) is 3.00. The number of aryl methyl sites for hydroxylation is 1. The predicted octanol–water partition coefficient (Wildman–Crippen LogP) is 4.94. The molecule has 0 aliphatic carbocycles. The van der Waals surface area contributed by atoms with E-state index in [0.29, 0.717) is 10.7 Å². The smallest absolute Gasteiger partial charge is 0.229 e. The quantitative estimate of drug-likeness (QED) is 0.475. The van der Waals surface area contributed by atoms with Crippen molar-refractivity contribution in [2.45, 2.75) is 6.92 Å². The van der Waals surface area contributed by atoms with Crippen molar-refractivity contribution in [3.8, 4) is 0 Å². The topological polar surface area (TPSA) is 78.5 Å². The highest BCUT2D eigenvalue weighted by Gasteiger charge is 2.09. The maximum absolute atomic E-state index is 14.0. The Balaban J connectivity index is 1.60. The second-order valence-corrected chi connectivity index (χ2v) is 6.15. The van der Waals surface area contributed by atoms with Gasteiger partial charge in [0.2, 0.25) is 5.95 Å². The molecule has 0 amide bonds. The summed E-state index contributed by atoms with van der Waals surface area (Å²) in [6.45, 7) is 1.92. The molecule has 0 aliphatic rings. The third-order valence-corrected chi connectivity index (χ3v) is 4.11. The van der Waals surface area contributed by atoms with Crippen LogP contribution in [0.25, 0.3) is 10.9 Å². The number of H-pyrrole nitrogens is 1. The van der Waals surface area contributed by atoms with E-state index in [4.69, 9.17) is 11.6 Å². The van der Waals surface area contributed by atoms with E-state index in [2.05, 4.69) is 30.8 Å². The molecule has 0 aliphatic heterocycles. The lowest BCUT2D eigenvalue weighted by molar-refractivity contribution is 0.619. The van der Waals surface area contributed by atoms with Gasteiger partial charge >= 0.3 is 0 Å². The van der Waals surface area contributed by atoms with Crippen molar-refractivity contribution < 1.29 is 4.39 Å². The number of nitrogens with zero attached hydrogens (tertiary/aromatic N) is 3. The SMILES string of the molecule is Cc1n[nH]c2ccc(Nc3ncc(F)c(Nc4ccc(Cl)cc4)n3)cc12. The summed E-state index contributed by atoms with van der Waals surface area (Å²) in [6, 6.07) is 12.6. The normalized spacial score (nSPS) is 10.9. The van der Waals surface area contributed by atoms with Gasteiger partial charge in [0.15, 0.2) is 11.6 Å². The van der Waals surface area contributed by atoms with Crippen molar-refractivity contribution in [3.63, 3.8) is 0 Å². The lowest BCUT2D eigenvalue weighted by atomic mass is 10.2. The van der Waals surface area contributed by atoms with Gasteiger partial charge < -0.3 is 10.6 Å². The third-order valence-electron chi connectivity index (χ3n) is 3.86. The minimum Gasteiger partial charge on any atom is -0.338 e. The number of anilines is 4. The second kappa shape index (κ2) is 6.61. The zero-order valence-corrected chi connectivity index (χ0v) is 14.5. The van der Waals surface area contributed by atoms with Crippen molar-refractivity contribution in [1.29, 1.82) is 0 Å². The zero-order valence-electron chi connectivity index (χ0n) is 13.7. The number of hydrogen-bond donors (Lipinski definition) is 3. The Morgan fingerprint density at radius 3 is 2.62 bits per heavy atom. The molecule has 0 unspecified atom stereocenters. The van der Waals surface area contributed by atoms with Crippen LogP contribution in [0.4, 0.5) is 27.5 Å². The summed E-state index contributed by atoms with van der Waals surface area (Å²) in [4.78, 5) is 8.21. The molecule has 0 saturated carbocycles. The highest BCUT2D eigenvalue weighted by Crippen LogP contribution is 2.24. The van der Waals surface area contributed by atoms with E-state index >= 15 is 0 Å². The van der Waals surface area contributed by atoms with Crippen molar-refractivity contribution in [3.05, 3.63) is 65.2 Å². The summed E-state index contributed by atoms with van der Waals surface area (Å²) < 4.78 is 14.0. The van der Waals surface area contributed by atoms with Gasteiger partial charge in [-0.1, -0.05) is 11.6 Å². The summed E-state index contributed by atoms with van der Waals surface area (Å²) in [5.74, 6) is -0.194. The zero-order chi connectivity index (χ0) is 18.1. The Labute approximate surface area is 153 Å². The van der Waals surface area contributed by atoms with Crippen molar-refractivity contribution >= 4 is 45.6 Å². The molecule has 0 radical (unpaired) electrons. The molecule has 2 heterocycles. The number of nitrogens with one attached hydrogen (secondary N) is 3. The molecule has 3 N–H and O–H groups in total. The van der Waals surface area contributed by atoms with E-state index in [1.165, 1.54) is 0 Å². The third kappa shape index (κ3) is 3.29. The van der Waals surface area contributed by atoms with Crippen LogP contribution in [0.15, 0.2) is 48.7 Å². The predicted molar refractivity (Wildman–Crippen MR) is 101 cm³/mol. The van der Waals surface area contributed by atoms with Gasteiger partial charge in [0.1, 0.15) is 0 Å². The van der Waals surface area contributed by atoms with E-state index in [0.717, 1.165) is 28.5 Å². The summed E-state index contributed by atoms with van der Waals surface area (Å²) in [5, 5.41) is 14.7. The molecule has 4 aromatic rings. The van der Waals surface area contributed by atoms with Crippen LogP contribution in [-0.2, 0) is 0 Å². The fraction of sp³-hybridized carbons (Fsp3) is 0.0556. The maximum Gasteiger partial charge on any atom is 0.229 e. The highest BCUT2D eigenvalue weighted by molar-refractivity contribution is 6.30. The molecule has 8 heteroatoms. The minimum atomic E-state index is -0.549. The minimum absolute atomic E-state index is 0.0744. The first kappa shape index (κ1) is 16.3. The number of benzene rings is 2. The van der Waals surface area contributed by atoms with Crippen LogP contribution in [0, 0.1) is 12.7 Å². The lowest BCUT2D eigenvalue weighted by Gasteiger charge is -2.10. The summed E-state index contributed by atoms with van der Waals surface area (Å²) >= 11 is 5.86. The van der Waals surface area contributed by atoms with Crippen LogP contribution in [0.5, 0.6) is 0 Å². The molecule has 0 bridgehead atoms. The number of hydrogen-bond acceptors (Lipinski definition) is 5. The molecule has 6 nitrogen and oxygen atoms in total. The van der Waals surface area contributed by atoms with Crippen LogP contribution >= 0.6 is 11.6 Å². The van der Waals surface area contributed by atoms with Crippen LogP contribution in [-0.4, -0.2) is 20.2 Å². The molecule has 0 spiro atoms. The van der Waals surface area contributed by atoms with Gasteiger partial charge in [0, 0.05) is 21.8 Å². The number of aromatic amines is 1. The van der Waals surface area contributed by atoms with E-state index in [-0.39, 0.29) is 11.8 Å². The monoisotopic (exact) mass is 368 g/mol. The van der Waals surface area contributed by atoms with Crippen LogP contribution < -0.4 is 10.6 Å². The van der Waals surface area contributed by atoms with E-state index in [1.54, 1.807) is 24.3 Å². The Bertz CT molecular complexity index is 1080. The molecular formula is C18H14ClFN6. The Morgan fingerprint density at radius 2 is 1.81 bits per heavy atom. The number of halogens is 2. The van der Waals surface area contributed by atoms with E-state index < -0.39 is 5.82 Å². The van der Waals surface area contributed by atoms with Crippen LogP contribution in [0.3, 0.4) is 0 Å². The number of fused-ring (bicyclic) bond motifs is 1. The molecular weight excluding hydrogens is 355 g/mol. The van der Waals surface area contributed by atoms with Crippen LogP contribution in [0.1, 0.15) is 5.69 Å². The standard InChI is InChI=1S/C18H14ClFN6/c1-10-14-8-13(6-7-16(14)26-25-10)23-18-21-9-15(20)17(24-18)22-12-4-2-11(19)3-5-12/h2-9H,1H3,(H,25,26)(H2,21,22,23,24). The summed E-state index contributed by atoms with van der Waals surface area (Å²) in [5.41, 5.74) is 3.30. The van der Waals surface area contributed by atoms with Crippen molar-refractivity contribution in [2.75, 3.05) is 10.6 Å². The number of aromatic nitrogens is 4. The lowest BCUT2D eigenvalue weighted by Crippen LogP contribution is -2.03. The van der Waals surface area contributed by atoms with E-state index in [1.807, 2.05) is 25.1 Å². The van der Waals surface area contributed by atoms with Crippen molar-refractivity contribution in [2.24, 2.45) is 0 Å². The van der Waals surface area contributed by atoms with Gasteiger partial charge in [-0.05, 0) is 49.4 Å². The fourth-order valence-electron chi connectivity index (χ4n) is 2.54. The second-order valence-electron chi connectivity index (χ2n) is 5.72. The molecule has 2 aromatic carbocycles. The first-order chi connectivity index (χ1) is 12.6. The molecule has 0 atom stereocenters. The Hall–Kier alpha value is -3.19. The first-order valence-electron chi connectivity index (χ1n) is 7.85.